The lowest BCUT2D eigenvalue weighted by Gasteiger charge is -2.17. The zero-order valence-corrected chi connectivity index (χ0v) is 10.7. The Morgan fingerprint density at radius 1 is 1.08 bits per heavy atom. The van der Waals surface area contributed by atoms with Gasteiger partial charge in [-0.25, -0.2) is 0 Å². The van der Waals surface area contributed by atoms with Crippen molar-refractivity contribution in [1.29, 1.82) is 0 Å². The third-order valence-electron chi connectivity index (χ3n) is 1.87. The number of aliphatic hydroxyl groups excluding tert-OH is 1. The van der Waals surface area contributed by atoms with Crippen molar-refractivity contribution in [3.05, 3.63) is 0 Å². The van der Waals surface area contributed by atoms with Gasteiger partial charge in [-0.05, 0) is 12.8 Å². The minimum atomic E-state index is -1.27. The van der Waals surface area contributed by atoms with Gasteiger partial charge in [0.25, 0.3) is 0 Å². The van der Waals surface area contributed by atoms with E-state index in [1.54, 1.807) is 0 Å². The molecule has 0 unspecified atom stereocenters. The molecule has 0 saturated heterocycles. The average molecular weight is 198 g/mol. The predicted octanol–water partition coefficient (Wildman–Crippen LogP) is 2.52. The van der Waals surface area contributed by atoms with E-state index in [4.69, 9.17) is 0 Å². The summed E-state index contributed by atoms with van der Waals surface area (Å²) in [5.74, 6) is 3.57. The second kappa shape index (κ2) is 4.83. The van der Waals surface area contributed by atoms with E-state index in [1.165, 1.54) is 0 Å². The van der Waals surface area contributed by atoms with E-state index >= 15 is 0 Å². The minimum Gasteiger partial charge on any atom is -0.392 e. The van der Waals surface area contributed by atoms with Crippen molar-refractivity contribution < 1.29 is 5.11 Å². The maximum atomic E-state index is 9.70. The molecular formula is C11H22OSi. The predicted molar refractivity (Wildman–Crippen MR) is 61.1 cm³/mol. The van der Waals surface area contributed by atoms with Gasteiger partial charge in [0.2, 0.25) is 0 Å². The molecule has 0 aliphatic carbocycles. The Labute approximate surface area is 83.6 Å². The summed E-state index contributed by atoms with van der Waals surface area (Å²) >= 11 is 0. The third kappa shape index (κ3) is 5.90. The van der Waals surface area contributed by atoms with Crippen molar-refractivity contribution in [1.82, 2.24) is 0 Å². The van der Waals surface area contributed by atoms with E-state index in [0.717, 1.165) is 0 Å². The Morgan fingerprint density at radius 2 is 1.54 bits per heavy atom. The van der Waals surface area contributed by atoms with Crippen LogP contribution in [0.4, 0.5) is 0 Å². The summed E-state index contributed by atoms with van der Waals surface area (Å²) in [7, 11) is -1.27. The van der Waals surface area contributed by atoms with Crippen LogP contribution in [-0.4, -0.2) is 19.3 Å². The highest BCUT2D eigenvalue weighted by Crippen LogP contribution is 2.11. The van der Waals surface area contributed by atoms with Crippen molar-refractivity contribution in [2.24, 2.45) is 11.8 Å². The Balaban J connectivity index is 4.27. The first-order valence-electron chi connectivity index (χ1n) is 4.95. The molecule has 0 heterocycles. The van der Waals surface area contributed by atoms with E-state index in [9.17, 15) is 5.11 Å². The minimum absolute atomic E-state index is 0.103. The summed E-state index contributed by atoms with van der Waals surface area (Å²) in [4.78, 5) is 0. The Morgan fingerprint density at radius 3 is 1.85 bits per heavy atom. The lowest BCUT2D eigenvalue weighted by atomic mass is 9.96. The highest BCUT2D eigenvalue weighted by atomic mass is 28.3. The molecule has 0 saturated carbocycles. The van der Waals surface area contributed by atoms with E-state index < -0.39 is 8.07 Å². The van der Waals surface area contributed by atoms with Gasteiger partial charge in [-0.2, -0.15) is 0 Å². The molecule has 0 aliphatic rings. The van der Waals surface area contributed by atoms with Gasteiger partial charge in [0, 0.05) is 5.92 Å². The average Bonchev–Trinajstić information content (AvgIpc) is 1.97. The van der Waals surface area contributed by atoms with Crippen LogP contribution in [0.25, 0.3) is 0 Å². The molecule has 0 aromatic heterocycles. The fourth-order valence-electron chi connectivity index (χ4n) is 0.993. The van der Waals surface area contributed by atoms with Crippen molar-refractivity contribution in [3.63, 3.8) is 0 Å². The van der Waals surface area contributed by atoms with Crippen LogP contribution in [0.2, 0.25) is 19.6 Å². The normalized spacial score (nSPS) is 16.3. The van der Waals surface area contributed by atoms with E-state index in [1.807, 2.05) is 20.8 Å². The molecule has 1 nitrogen and oxygen atoms in total. The molecule has 0 amide bonds. The zero-order valence-electron chi connectivity index (χ0n) is 9.68. The first-order chi connectivity index (χ1) is 5.74. The molecule has 2 atom stereocenters. The molecule has 0 aromatic carbocycles. The lowest BCUT2D eigenvalue weighted by Crippen LogP contribution is -2.24. The van der Waals surface area contributed by atoms with E-state index in [-0.39, 0.29) is 12.0 Å². The van der Waals surface area contributed by atoms with Crippen LogP contribution in [0.3, 0.4) is 0 Å². The van der Waals surface area contributed by atoms with Crippen LogP contribution in [0.5, 0.6) is 0 Å². The highest BCUT2D eigenvalue weighted by molar-refractivity contribution is 6.83. The Bertz CT molecular complexity index is 204. The molecule has 0 rings (SSSR count). The van der Waals surface area contributed by atoms with Crippen LogP contribution >= 0.6 is 0 Å². The van der Waals surface area contributed by atoms with Crippen molar-refractivity contribution in [3.8, 4) is 11.5 Å². The number of rotatable bonds is 2. The fourth-order valence-corrected chi connectivity index (χ4v) is 1.65. The third-order valence-corrected chi connectivity index (χ3v) is 2.76. The quantitative estimate of drug-likeness (QED) is 0.534. The summed E-state index contributed by atoms with van der Waals surface area (Å²) in [6, 6.07) is 0. The molecule has 0 radical (unpaired) electrons. The van der Waals surface area contributed by atoms with Gasteiger partial charge in [-0.1, -0.05) is 33.5 Å². The van der Waals surface area contributed by atoms with Crippen molar-refractivity contribution >= 4 is 8.07 Å². The molecule has 1 N–H and O–H groups in total. The van der Waals surface area contributed by atoms with Gasteiger partial charge in [-0.3, -0.25) is 0 Å². The summed E-state index contributed by atoms with van der Waals surface area (Å²) in [6.07, 6.45) is -0.288. The Hall–Kier alpha value is -0.263. The zero-order chi connectivity index (χ0) is 10.6. The summed E-state index contributed by atoms with van der Waals surface area (Å²) < 4.78 is 0. The second-order valence-corrected chi connectivity index (χ2v) is 9.79. The monoisotopic (exact) mass is 198 g/mol. The molecule has 0 spiro atoms. The molecule has 0 aromatic rings. The number of hydrogen-bond acceptors (Lipinski definition) is 1. The van der Waals surface area contributed by atoms with Crippen molar-refractivity contribution in [2.45, 2.75) is 46.5 Å². The topological polar surface area (TPSA) is 20.2 Å². The SMILES string of the molecule is CC(C)[C@@H](O)[C@H](C)C#C[Si](C)(C)C. The van der Waals surface area contributed by atoms with Gasteiger partial charge in [-0.15, -0.1) is 11.5 Å². The molecule has 0 bridgehead atoms. The molecule has 0 fully saturated rings. The summed E-state index contributed by atoms with van der Waals surface area (Å²) in [5, 5.41) is 9.70. The first-order valence-corrected chi connectivity index (χ1v) is 8.45. The number of hydrogen-bond donors (Lipinski definition) is 1. The molecule has 0 aliphatic heterocycles. The lowest BCUT2D eigenvalue weighted by molar-refractivity contribution is 0.0946. The van der Waals surface area contributed by atoms with E-state index in [2.05, 4.69) is 31.1 Å². The van der Waals surface area contributed by atoms with Crippen LogP contribution in [0.1, 0.15) is 20.8 Å². The van der Waals surface area contributed by atoms with Gasteiger partial charge >= 0.3 is 0 Å². The highest BCUT2D eigenvalue weighted by Gasteiger charge is 2.16. The Kier molecular flexibility index (Phi) is 4.73. The first kappa shape index (κ1) is 12.7. The van der Waals surface area contributed by atoms with Crippen LogP contribution < -0.4 is 0 Å². The van der Waals surface area contributed by atoms with Gasteiger partial charge < -0.3 is 5.11 Å². The second-order valence-electron chi connectivity index (χ2n) is 5.04. The van der Waals surface area contributed by atoms with E-state index in [0.29, 0.717) is 5.92 Å². The summed E-state index contributed by atoms with van der Waals surface area (Å²) in [5.41, 5.74) is 3.29. The maximum Gasteiger partial charge on any atom is 0.129 e. The standard InChI is InChI=1S/C11H22OSi/c1-9(2)11(12)10(3)7-8-13(4,5)6/h9-12H,1-6H3/t10-,11-/m1/s1. The van der Waals surface area contributed by atoms with Crippen LogP contribution in [-0.2, 0) is 0 Å². The van der Waals surface area contributed by atoms with Gasteiger partial charge in [0.05, 0.1) is 6.10 Å². The number of aliphatic hydroxyl groups is 1. The fraction of sp³-hybridized carbons (Fsp3) is 0.818. The van der Waals surface area contributed by atoms with Crippen molar-refractivity contribution in [2.75, 3.05) is 0 Å². The largest absolute Gasteiger partial charge is 0.392 e. The molecule has 76 valence electrons. The maximum absolute atomic E-state index is 9.70. The van der Waals surface area contributed by atoms with Gasteiger partial charge in [0.1, 0.15) is 8.07 Å². The molecule has 2 heteroatoms. The molecular weight excluding hydrogens is 176 g/mol. The smallest absolute Gasteiger partial charge is 0.129 e. The van der Waals surface area contributed by atoms with Crippen LogP contribution in [0, 0.1) is 23.3 Å². The summed E-state index contributed by atoms with van der Waals surface area (Å²) in [6.45, 7) is 12.7. The van der Waals surface area contributed by atoms with Gasteiger partial charge in [0.15, 0.2) is 0 Å². The van der Waals surface area contributed by atoms with Crippen LogP contribution in [0.15, 0.2) is 0 Å². The molecule has 13 heavy (non-hydrogen) atoms.